The van der Waals surface area contributed by atoms with Crippen molar-refractivity contribution in [2.45, 2.75) is 31.7 Å². The first-order valence-electron chi connectivity index (χ1n) is 10.4. The summed E-state index contributed by atoms with van der Waals surface area (Å²) in [5.41, 5.74) is 2.25. The Labute approximate surface area is 181 Å². The fourth-order valence-corrected chi connectivity index (χ4v) is 4.30. The number of nitrogens with zero attached hydrogens (tertiary/aromatic N) is 5. The highest BCUT2D eigenvalue weighted by Gasteiger charge is 2.27. The van der Waals surface area contributed by atoms with Gasteiger partial charge in [0.15, 0.2) is 0 Å². The predicted molar refractivity (Wildman–Crippen MR) is 117 cm³/mol. The van der Waals surface area contributed by atoms with E-state index >= 15 is 0 Å². The van der Waals surface area contributed by atoms with Crippen LogP contribution in [-0.2, 0) is 4.79 Å². The van der Waals surface area contributed by atoms with E-state index in [-0.39, 0.29) is 5.92 Å². The first-order valence-corrected chi connectivity index (χ1v) is 10.8. The van der Waals surface area contributed by atoms with E-state index in [0.29, 0.717) is 11.7 Å². The second-order valence-corrected chi connectivity index (χ2v) is 8.47. The van der Waals surface area contributed by atoms with Gasteiger partial charge in [-0.05, 0) is 60.7 Å². The lowest BCUT2D eigenvalue weighted by molar-refractivity contribution is -0.112. The molecular formula is C23H26ClN5O. The SMILES string of the molecule is CC(CN1CCC(c2ccc(Cl)cc2)CC1)C(C=O)n1nnc(-c2ccccc2)n1. The summed E-state index contributed by atoms with van der Waals surface area (Å²) in [5.74, 6) is 1.20. The molecule has 2 unspecified atom stereocenters. The third-order valence-electron chi connectivity index (χ3n) is 5.92. The smallest absolute Gasteiger partial charge is 0.204 e. The largest absolute Gasteiger partial charge is 0.303 e. The molecule has 156 valence electrons. The molecule has 7 heteroatoms. The zero-order chi connectivity index (χ0) is 20.9. The van der Waals surface area contributed by atoms with Crippen LogP contribution in [0.1, 0.15) is 37.3 Å². The van der Waals surface area contributed by atoms with Crippen LogP contribution in [0.15, 0.2) is 54.6 Å². The molecule has 1 fully saturated rings. The van der Waals surface area contributed by atoms with Gasteiger partial charge in [0, 0.05) is 17.1 Å². The van der Waals surface area contributed by atoms with Crippen molar-refractivity contribution in [3.8, 4) is 11.4 Å². The minimum Gasteiger partial charge on any atom is -0.303 e. The maximum Gasteiger partial charge on any atom is 0.204 e. The highest BCUT2D eigenvalue weighted by Crippen LogP contribution is 2.30. The van der Waals surface area contributed by atoms with E-state index in [0.717, 1.165) is 49.3 Å². The molecule has 1 saturated heterocycles. The Hall–Kier alpha value is -2.57. The molecule has 2 atom stereocenters. The maximum absolute atomic E-state index is 11.8. The number of rotatable bonds is 7. The van der Waals surface area contributed by atoms with Gasteiger partial charge in [-0.3, -0.25) is 0 Å². The average Bonchev–Trinajstić information content (AvgIpc) is 3.26. The number of benzene rings is 2. The number of tetrazole rings is 1. The topological polar surface area (TPSA) is 63.9 Å². The molecule has 30 heavy (non-hydrogen) atoms. The summed E-state index contributed by atoms with van der Waals surface area (Å²) in [5, 5.41) is 13.5. The van der Waals surface area contributed by atoms with Crippen molar-refractivity contribution < 1.29 is 4.79 Å². The van der Waals surface area contributed by atoms with Gasteiger partial charge in [0.1, 0.15) is 12.3 Å². The standard InChI is InChI=1S/C23H26ClN5O/c1-17(15-28-13-11-19(12-14-28)18-7-9-21(24)10-8-18)22(16-30)29-26-23(25-27-29)20-5-3-2-4-6-20/h2-10,16-17,19,22H,11-15H2,1H3. The van der Waals surface area contributed by atoms with Gasteiger partial charge >= 0.3 is 0 Å². The summed E-state index contributed by atoms with van der Waals surface area (Å²) in [6, 6.07) is 17.5. The van der Waals surface area contributed by atoms with Gasteiger partial charge < -0.3 is 9.69 Å². The Balaban J connectivity index is 1.35. The maximum atomic E-state index is 11.8. The first-order chi connectivity index (χ1) is 14.6. The van der Waals surface area contributed by atoms with Crippen LogP contribution in [0.2, 0.25) is 5.02 Å². The van der Waals surface area contributed by atoms with Gasteiger partial charge in [-0.2, -0.15) is 4.80 Å². The van der Waals surface area contributed by atoms with E-state index in [1.807, 2.05) is 42.5 Å². The minimum atomic E-state index is -0.427. The molecule has 1 aliphatic heterocycles. The quantitative estimate of drug-likeness (QED) is 0.531. The van der Waals surface area contributed by atoms with E-state index in [2.05, 4.69) is 39.4 Å². The highest BCUT2D eigenvalue weighted by molar-refractivity contribution is 6.30. The molecule has 0 spiro atoms. The molecule has 0 N–H and O–H groups in total. The van der Waals surface area contributed by atoms with Gasteiger partial charge in [-0.1, -0.05) is 61.0 Å². The molecule has 2 aromatic carbocycles. The number of halogens is 1. The van der Waals surface area contributed by atoms with E-state index in [9.17, 15) is 4.79 Å². The van der Waals surface area contributed by atoms with Gasteiger partial charge in [0.2, 0.25) is 5.82 Å². The summed E-state index contributed by atoms with van der Waals surface area (Å²) >= 11 is 6.01. The Morgan fingerprint density at radius 2 is 1.80 bits per heavy atom. The fraction of sp³-hybridized carbons (Fsp3) is 0.391. The molecule has 2 heterocycles. The van der Waals surface area contributed by atoms with E-state index in [1.54, 1.807) is 0 Å². The predicted octanol–water partition coefficient (Wildman–Crippen LogP) is 4.25. The number of hydrogen-bond acceptors (Lipinski definition) is 5. The molecule has 6 nitrogen and oxygen atoms in total. The molecule has 1 aliphatic rings. The normalized spacial score (nSPS) is 17.5. The van der Waals surface area contributed by atoms with Crippen LogP contribution in [-0.4, -0.2) is 51.0 Å². The lowest BCUT2D eigenvalue weighted by atomic mass is 9.89. The van der Waals surface area contributed by atoms with Crippen LogP contribution in [0, 0.1) is 5.92 Å². The third-order valence-corrected chi connectivity index (χ3v) is 6.18. The summed E-state index contributed by atoms with van der Waals surface area (Å²) < 4.78 is 0. The first kappa shape index (κ1) is 20.7. The Kier molecular flexibility index (Phi) is 6.55. The molecule has 4 rings (SSSR count). The monoisotopic (exact) mass is 423 g/mol. The van der Waals surface area contributed by atoms with E-state index < -0.39 is 6.04 Å². The van der Waals surface area contributed by atoms with Crippen molar-refractivity contribution in [1.82, 2.24) is 25.1 Å². The van der Waals surface area contributed by atoms with Crippen LogP contribution in [0.25, 0.3) is 11.4 Å². The van der Waals surface area contributed by atoms with Crippen LogP contribution in [0.4, 0.5) is 0 Å². The van der Waals surface area contributed by atoms with Crippen molar-refractivity contribution in [1.29, 1.82) is 0 Å². The Bertz CT molecular complexity index is 951. The van der Waals surface area contributed by atoms with Gasteiger partial charge in [-0.25, -0.2) is 0 Å². The minimum absolute atomic E-state index is 0.0902. The second kappa shape index (κ2) is 9.49. The van der Waals surface area contributed by atoms with Crippen LogP contribution in [0.5, 0.6) is 0 Å². The van der Waals surface area contributed by atoms with Crippen molar-refractivity contribution in [2.75, 3.05) is 19.6 Å². The lowest BCUT2D eigenvalue weighted by Crippen LogP contribution is -2.38. The van der Waals surface area contributed by atoms with Crippen LogP contribution >= 0.6 is 11.6 Å². The molecule has 0 aliphatic carbocycles. The molecule has 0 radical (unpaired) electrons. The van der Waals surface area contributed by atoms with E-state index in [4.69, 9.17) is 11.6 Å². The molecule has 3 aromatic rings. The fourth-order valence-electron chi connectivity index (χ4n) is 4.17. The number of hydrogen-bond donors (Lipinski definition) is 0. The zero-order valence-corrected chi connectivity index (χ0v) is 17.8. The van der Waals surface area contributed by atoms with Crippen molar-refractivity contribution in [3.05, 3.63) is 65.2 Å². The highest BCUT2D eigenvalue weighted by atomic mass is 35.5. The lowest BCUT2D eigenvalue weighted by Gasteiger charge is -2.34. The summed E-state index contributed by atoms with van der Waals surface area (Å²) in [6.07, 6.45) is 3.15. The van der Waals surface area contributed by atoms with Crippen molar-refractivity contribution in [3.63, 3.8) is 0 Å². The number of carbonyl (C=O) groups excluding carboxylic acids is 1. The molecule has 0 saturated carbocycles. The summed E-state index contributed by atoms with van der Waals surface area (Å²) in [6.45, 7) is 4.95. The van der Waals surface area contributed by atoms with Crippen molar-refractivity contribution in [2.24, 2.45) is 5.92 Å². The average molecular weight is 424 g/mol. The Morgan fingerprint density at radius 1 is 1.10 bits per heavy atom. The number of piperidine rings is 1. The van der Waals surface area contributed by atoms with E-state index in [1.165, 1.54) is 10.4 Å². The molecule has 0 bridgehead atoms. The van der Waals surface area contributed by atoms with Crippen LogP contribution in [0.3, 0.4) is 0 Å². The molecule has 1 aromatic heterocycles. The summed E-state index contributed by atoms with van der Waals surface area (Å²) in [7, 11) is 0. The second-order valence-electron chi connectivity index (χ2n) is 8.03. The third kappa shape index (κ3) is 4.77. The molecule has 0 amide bonds. The van der Waals surface area contributed by atoms with Gasteiger partial charge in [0.05, 0.1) is 0 Å². The molecular weight excluding hydrogens is 398 g/mol. The Morgan fingerprint density at radius 3 is 2.47 bits per heavy atom. The zero-order valence-electron chi connectivity index (χ0n) is 17.1. The van der Waals surface area contributed by atoms with Gasteiger partial charge in [0.25, 0.3) is 0 Å². The summed E-state index contributed by atoms with van der Waals surface area (Å²) in [4.78, 5) is 15.7. The number of aldehydes is 1. The van der Waals surface area contributed by atoms with Gasteiger partial charge in [-0.15, -0.1) is 10.2 Å². The number of likely N-dealkylation sites (tertiary alicyclic amines) is 1. The number of aromatic nitrogens is 4. The number of carbonyl (C=O) groups is 1. The van der Waals surface area contributed by atoms with Crippen LogP contribution < -0.4 is 0 Å². The van der Waals surface area contributed by atoms with Crippen molar-refractivity contribution >= 4 is 17.9 Å².